The van der Waals surface area contributed by atoms with Crippen LogP contribution in [0, 0.1) is 0 Å². The molecule has 0 aliphatic carbocycles. The Hall–Kier alpha value is -1.26. The van der Waals surface area contributed by atoms with Gasteiger partial charge in [0.15, 0.2) is 11.5 Å². The van der Waals surface area contributed by atoms with Crippen LogP contribution in [0.25, 0.3) is 0 Å². The van der Waals surface area contributed by atoms with E-state index in [0.717, 1.165) is 17.1 Å². The van der Waals surface area contributed by atoms with Crippen molar-refractivity contribution >= 4 is 0 Å². The van der Waals surface area contributed by atoms with E-state index in [-0.39, 0.29) is 12.3 Å². The second-order valence-corrected chi connectivity index (χ2v) is 4.90. The third-order valence-corrected chi connectivity index (χ3v) is 3.26. The van der Waals surface area contributed by atoms with Gasteiger partial charge in [-0.05, 0) is 26.8 Å². The van der Waals surface area contributed by atoms with Crippen molar-refractivity contribution in [3.8, 4) is 11.5 Å². The van der Waals surface area contributed by atoms with Crippen molar-refractivity contribution in [3.05, 3.63) is 23.8 Å². The predicted molar refractivity (Wildman–Crippen MR) is 65.2 cm³/mol. The maximum absolute atomic E-state index is 9.63. The highest BCUT2D eigenvalue weighted by atomic mass is 16.7. The van der Waals surface area contributed by atoms with Crippen LogP contribution in [0.15, 0.2) is 18.2 Å². The zero-order valence-corrected chi connectivity index (χ0v) is 10.5. The summed E-state index contributed by atoms with van der Waals surface area (Å²) < 4.78 is 10.7. The van der Waals surface area contributed by atoms with E-state index < -0.39 is 6.10 Å². The quantitative estimate of drug-likeness (QED) is 0.836. The summed E-state index contributed by atoms with van der Waals surface area (Å²) in [6.45, 7) is 6.65. The molecule has 0 radical (unpaired) electrons. The number of fused-ring (bicyclic) bond motifs is 1. The summed E-state index contributed by atoms with van der Waals surface area (Å²) in [5.41, 5.74) is 0.719. The molecule has 2 rings (SSSR count). The number of nitrogens with one attached hydrogen (secondary N) is 1. The summed E-state index contributed by atoms with van der Waals surface area (Å²) in [6, 6.07) is 5.84. The first kappa shape index (κ1) is 12.2. The SMILES string of the molecule is CC(O)C(C)(C)NCc1cccc2c1OCO2. The highest BCUT2D eigenvalue weighted by Gasteiger charge is 2.24. The monoisotopic (exact) mass is 237 g/mol. The van der Waals surface area contributed by atoms with Crippen LogP contribution in [0.5, 0.6) is 11.5 Å². The Morgan fingerprint density at radius 3 is 2.88 bits per heavy atom. The molecule has 1 atom stereocenters. The first-order chi connectivity index (χ1) is 8.00. The van der Waals surface area contributed by atoms with Gasteiger partial charge < -0.3 is 19.9 Å². The predicted octanol–water partition coefficient (Wildman–Crippen LogP) is 1.66. The first-order valence-electron chi connectivity index (χ1n) is 5.81. The molecular weight excluding hydrogens is 218 g/mol. The van der Waals surface area contributed by atoms with E-state index in [1.165, 1.54) is 0 Å². The Balaban J connectivity index is 2.08. The minimum Gasteiger partial charge on any atom is -0.454 e. The minimum atomic E-state index is -0.420. The number of ether oxygens (including phenoxy) is 2. The number of benzene rings is 1. The van der Waals surface area contributed by atoms with Crippen molar-refractivity contribution in [1.29, 1.82) is 0 Å². The summed E-state index contributed by atoms with van der Waals surface area (Å²) in [5, 5.41) is 13.0. The number of hydrogen-bond donors (Lipinski definition) is 2. The molecule has 94 valence electrons. The van der Waals surface area contributed by atoms with Crippen molar-refractivity contribution in [2.24, 2.45) is 0 Å². The molecule has 0 saturated heterocycles. The average Bonchev–Trinajstić information content (AvgIpc) is 2.74. The Kier molecular flexibility index (Phi) is 3.26. The van der Waals surface area contributed by atoms with Crippen LogP contribution in [-0.2, 0) is 6.54 Å². The van der Waals surface area contributed by atoms with Gasteiger partial charge in [0.25, 0.3) is 0 Å². The van der Waals surface area contributed by atoms with Gasteiger partial charge in [0.05, 0.1) is 6.10 Å². The van der Waals surface area contributed by atoms with Crippen molar-refractivity contribution in [1.82, 2.24) is 5.32 Å². The Bertz CT molecular complexity index is 402. The molecule has 0 spiro atoms. The molecule has 4 heteroatoms. The molecule has 1 heterocycles. The van der Waals surface area contributed by atoms with Gasteiger partial charge >= 0.3 is 0 Å². The van der Waals surface area contributed by atoms with Gasteiger partial charge in [0.2, 0.25) is 6.79 Å². The van der Waals surface area contributed by atoms with E-state index in [0.29, 0.717) is 6.54 Å². The summed E-state index contributed by atoms with van der Waals surface area (Å²) in [5.74, 6) is 1.60. The van der Waals surface area contributed by atoms with E-state index in [2.05, 4.69) is 5.32 Å². The summed E-state index contributed by atoms with van der Waals surface area (Å²) in [6.07, 6.45) is -0.420. The summed E-state index contributed by atoms with van der Waals surface area (Å²) >= 11 is 0. The molecule has 1 aliphatic heterocycles. The highest BCUT2D eigenvalue weighted by Crippen LogP contribution is 2.35. The van der Waals surface area contributed by atoms with E-state index in [1.807, 2.05) is 32.0 Å². The molecule has 1 aromatic carbocycles. The Morgan fingerprint density at radius 2 is 2.18 bits per heavy atom. The van der Waals surface area contributed by atoms with Gasteiger partial charge in [-0.15, -0.1) is 0 Å². The fourth-order valence-corrected chi connectivity index (χ4v) is 1.60. The fraction of sp³-hybridized carbons (Fsp3) is 0.538. The number of rotatable bonds is 4. The number of aliphatic hydroxyl groups is 1. The van der Waals surface area contributed by atoms with E-state index in [9.17, 15) is 5.11 Å². The van der Waals surface area contributed by atoms with Crippen LogP contribution < -0.4 is 14.8 Å². The molecule has 17 heavy (non-hydrogen) atoms. The van der Waals surface area contributed by atoms with Crippen molar-refractivity contribution < 1.29 is 14.6 Å². The maximum Gasteiger partial charge on any atom is 0.231 e. The lowest BCUT2D eigenvalue weighted by atomic mass is 9.98. The van der Waals surface area contributed by atoms with Gasteiger partial charge in [-0.25, -0.2) is 0 Å². The molecule has 0 fully saturated rings. The summed E-state index contributed by atoms with van der Waals surface area (Å²) in [7, 11) is 0. The lowest BCUT2D eigenvalue weighted by Gasteiger charge is -2.29. The Morgan fingerprint density at radius 1 is 1.41 bits per heavy atom. The third kappa shape index (κ3) is 2.53. The van der Waals surface area contributed by atoms with Crippen LogP contribution in [-0.4, -0.2) is 23.5 Å². The highest BCUT2D eigenvalue weighted by molar-refractivity contribution is 5.48. The van der Waals surface area contributed by atoms with Crippen molar-refractivity contribution in [3.63, 3.8) is 0 Å². The first-order valence-corrected chi connectivity index (χ1v) is 5.81. The van der Waals surface area contributed by atoms with Crippen LogP contribution in [0.4, 0.5) is 0 Å². The third-order valence-electron chi connectivity index (χ3n) is 3.26. The van der Waals surface area contributed by atoms with Gasteiger partial charge in [-0.1, -0.05) is 12.1 Å². The number of aliphatic hydroxyl groups excluding tert-OH is 1. The van der Waals surface area contributed by atoms with Crippen LogP contribution >= 0.6 is 0 Å². The molecule has 1 unspecified atom stereocenters. The molecular formula is C13H19NO3. The van der Waals surface area contributed by atoms with Crippen LogP contribution in [0.1, 0.15) is 26.3 Å². The smallest absolute Gasteiger partial charge is 0.231 e. The number of hydrogen-bond acceptors (Lipinski definition) is 4. The van der Waals surface area contributed by atoms with Crippen molar-refractivity contribution in [2.75, 3.05) is 6.79 Å². The van der Waals surface area contributed by atoms with Crippen LogP contribution in [0.2, 0.25) is 0 Å². The van der Waals surface area contributed by atoms with Gasteiger partial charge in [0.1, 0.15) is 0 Å². The largest absolute Gasteiger partial charge is 0.454 e. The Labute approximate surface area is 102 Å². The normalized spacial score (nSPS) is 16.0. The molecule has 1 aliphatic rings. The average molecular weight is 237 g/mol. The second kappa shape index (κ2) is 4.55. The van der Waals surface area contributed by atoms with E-state index >= 15 is 0 Å². The standard InChI is InChI=1S/C13H19NO3/c1-9(15)13(2,3)14-7-10-5-4-6-11-12(10)17-8-16-11/h4-6,9,14-15H,7-8H2,1-3H3. The molecule has 1 aromatic rings. The number of para-hydroxylation sites is 1. The molecule has 0 bridgehead atoms. The van der Waals surface area contributed by atoms with Crippen LogP contribution in [0.3, 0.4) is 0 Å². The van der Waals surface area contributed by atoms with Gasteiger partial charge in [-0.3, -0.25) is 0 Å². The van der Waals surface area contributed by atoms with Crippen molar-refractivity contribution in [2.45, 2.75) is 39.0 Å². The summed E-state index contributed by atoms with van der Waals surface area (Å²) in [4.78, 5) is 0. The lowest BCUT2D eigenvalue weighted by Crippen LogP contribution is -2.47. The maximum atomic E-state index is 9.63. The zero-order chi connectivity index (χ0) is 12.5. The lowest BCUT2D eigenvalue weighted by molar-refractivity contribution is 0.0953. The van der Waals surface area contributed by atoms with Gasteiger partial charge in [-0.2, -0.15) is 0 Å². The molecule has 2 N–H and O–H groups in total. The molecule has 4 nitrogen and oxygen atoms in total. The minimum absolute atomic E-state index is 0.284. The topological polar surface area (TPSA) is 50.7 Å². The molecule has 0 amide bonds. The molecule has 0 saturated carbocycles. The van der Waals surface area contributed by atoms with E-state index in [1.54, 1.807) is 6.92 Å². The zero-order valence-electron chi connectivity index (χ0n) is 10.5. The molecule has 0 aromatic heterocycles. The van der Waals surface area contributed by atoms with Gasteiger partial charge in [0, 0.05) is 17.6 Å². The second-order valence-electron chi connectivity index (χ2n) is 4.90. The fourth-order valence-electron chi connectivity index (χ4n) is 1.60. The van der Waals surface area contributed by atoms with E-state index in [4.69, 9.17) is 9.47 Å².